The van der Waals surface area contributed by atoms with Crippen LogP contribution in [-0.2, 0) is 16.0 Å². The largest absolute Gasteiger partial charge is 0.452 e. The maximum atomic E-state index is 5.53. The highest BCUT2D eigenvalue weighted by Gasteiger charge is 2.34. The molecule has 0 amide bonds. The third kappa shape index (κ3) is 3.32. The molecule has 1 fully saturated rings. The molecule has 0 aliphatic carbocycles. The minimum Gasteiger partial charge on any atom is -0.452 e. The monoisotopic (exact) mass is 367 g/mol. The Morgan fingerprint density at radius 3 is 2.88 bits per heavy atom. The summed E-state index contributed by atoms with van der Waals surface area (Å²) in [5.41, 5.74) is -0.180. The van der Waals surface area contributed by atoms with Gasteiger partial charge >= 0.3 is 0 Å². The molecule has 1 unspecified atom stereocenters. The summed E-state index contributed by atoms with van der Waals surface area (Å²) in [7, 11) is 1.73. The second kappa shape index (κ2) is 5.84. The molecule has 1 saturated heterocycles. The van der Waals surface area contributed by atoms with Crippen molar-refractivity contribution in [2.75, 3.05) is 26.9 Å². The van der Waals surface area contributed by atoms with Crippen LogP contribution in [0.25, 0.3) is 0 Å². The first kappa shape index (κ1) is 13.5. The second-order valence-electron chi connectivity index (χ2n) is 4.13. The maximum Gasteiger partial charge on any atom is 0.183 e. The second-order valence-corrected chi connectivity index (χ2v) is 5.70. The topological polar surface area (TPSA) is 43.6 Å². The number of nitrogens with one attached hydrogen (secondary N) is 1. The summed E-state index contributed by atoms with van der Waals surface area (Å²) in [6.45, 7) is 2.87. The van der Waals surface area contributed by atoms with E-state index < -0.39 is 0 Å². The van der Waals surface area contributed by atoms with Crippen LogP contribution in [-0.4, -0.2) is 32.5 Å². The van der Waals surface area contributed by atoms with E-state index in [4.69, 9.17) is 13.9 Å². The fourth-order valence-electron chi connectivity index (χ4n) is 1.85. The maximum absolute atomic E-state index is 5.53. The molecule has 0 spiro atoms. The van der Waals surface area contributed by atoms with E-state index in [0.29, 0.717) is 13.2 Å². The van der Waals surface area contributed by atoms with Gasteiger partial charge < -0.3 is 19.2 Å². The zero-order chi connectivity index (χ0) is 12.3. The standard InChI is InChI=1S/C11H15Br2NO3/c1-15-11(2-3-16-7-11)6-14-5-8-4-9(12)10(13)17-8/h4,14H,2-3,5-7H2,1H3. The minimum absolute atomic E-state index is 0.180. The fourth-order valence-corrected chi connectivity index (χ4v) is 2.51. The molecule has 1 aromatic heterocycles. The smallest absolute Gasteiger partial charge is 0.183 e. The van der Waals surface area contributed by atoms with Gasteiger partial charge in [0.25, 0.3) is 0 Å². The molecule has 1 N–H and O–H groups in total. The van der Waals surface area contributed by atoms with Gasteiger partial charge in [-0.3, -0.25) is 0 Å². The average Bonchev–Trinajstić information content (AvgIpc) is 2.89. The van der Waals surface area contributed by atoms with Crippen molar-refractivity contribution in [1.82, 2.24) is 5.32 Å². The highest BCUT2D eigenvalue weighted by Crippen LogP contribution is 2.27. The van der Waals surface area contributed by atoms with Crippen molar-refractivity contribution in [3.63, 3.8) is 0 Å². The minimum atomic E-state index is -0.180. The Labute approximate surface area is 117 Å². The van der Waals surface area contributed by atoms with Crippen molar-refractivity contribution in [2.45, 2.75) is 18.6 Å². The Morgan fingerprint density at radius 1 is 1.53 bits per heavy atom. The van der Waals surface area contributed by atoms with E-state index in [-0.39, 0.29) is 5.60 Å². The number of methoxy groups -OCH3 is 1. The summed E-state index contributed by atoms with van der Waals surface area (Å²) in [6, 6.07) is 1.95. The quantitative estimate of drug-likeness (QED) is 0.867. The zero-order valence-electron chi connectivity index (χ0n) is 9.59. The SMILES string of the molecule is COC1(CNCc2cc(Br)c(Br)o2)CCOC1. The van der Waals surface area contributed by atoms with Crippen LogP contribution >= 0.6 is 31.9 Å². The molecule has 2 rings (SSSR count). The average molecular weight is 369 g/mol. The van der Waals surface area contributed by atoms with Crippen molar-refractivity contribution >= 4 is 31.9 Å². The molecule has 0 bridgehead atoms. The third-order valence-corrected chi connectivity index (χ3v) is 4.65. The lowest BCUT2D eigenvalue weighted by Gasteiger charge is -2.25. The lowest BCUT2D eigenvalue weighted by Crippen LogP contribution is -2.42. The van der Waals surface area contributed by atoms with Gasteiger partial charge in [-0.2, -0.15) is 0 Å². The van der Waals surface area contributed by atoms with Gasteiger partial charge in [0.15, 0.2) is 4.67 Å². The van der Waals surface area contributed by atoms with Crippen LogP contribution in [0.2, 0.25) is 0 Å². The summed E-state index contributed by atoms with van der Waals surface area (Å²) >= 11 is 6.70. The molecule has 96 valence electrons. The van der Waals surface area contributed by atoms with Crippen LogP contribution in [0.4, 0.5) is 0 Å². The van der Waals surface area contributed by atoms with Crippen LogP contribution in [0, 0.1) is 0 Å². The molecular formula is C11H15Br2NO3. The molecule has 1 aromatic rings. The molecule has 1 aliphatic heterocycles. The van der Waals surface area contributed by atoms with E-state index in [1.54, 1.807) is 7.11 Å². The number of rotatable bonds is 5. The third-order valence-electron chi connectivity index (χ3n) is 2.94. The Balaban J connectivity index is 1.82. The van der Waals surface area contributed by atoms with E-state index in [0.717, 1.165) is 34.5 Å². The Bertz CT molecular complexity index is 355. The summed E-state index contributed by atoms with van der Waals surface area (Å²) in [5, 5.41) is 3.34. The zero-order valence-corrected chi connectivity index (χ0v) is 12.8. The normalized spacial score (nSPS) is 24.4. The molecule has 4 nitrogen and oxygen atoms in total. The molecular weight excluding hydrogens is 354 g/mol. The first-order valence-electron chi connectivity index (χ1n) is 5.42. The van der Waals surface area contributed by atoms with Crippen LogP contribution in [0.1, 0.15) is 12.2 Å². The summed E-state index contributed by atoms with van der Waals surface area (Å²) in [4.78, 5) is 0. The number of ether oxygens (including phenoxy) is 2. The number of hydrogen-bond acceptors (Lipinski definition) is 4. The predicted octanol–water partition coefficient (Wildman–Crippen LogP) is 2.70. The highest BCUT2D eigenvalue weighted by atomic mass is 79.9. The van der Waals surface area contributed by atoms with E-state index in [9.17, 15) is 0 Å². The van der Waals surface area contributed by atoms with Crippen molar-refractivity contribution < 1.29 is 13.9 Å². The van der Waals surface area contributed by atoms with Crippen LogP contribution in [0.5, 0.6) is 0 Å². The Kier molecular flexibility index (Phi) is 4.65. The van der Waals surface area contributed by atoms with Crippen molar-refractivity contribution in [3.05, 3.63) is 21.0 Å². The number of halogens is 2. The van der Waals surface area contributed by atoms with Gasteiger partial charge in [-0.25, -0.2) is 0 Å². The molecule has 2 heterocycles. The summed E-state index contributed by atoms with van der Waals surface area (Å²) < 4.78 is 18.0. The first-order chi connectivity index (χ1) is 8.15. The van der Waals surface area contributed by atoms with E-state index in [1.807, 2.05) is 6.07 Å². The molecule has 6 heteroatoms. The molecule has 0 aromatic carbocycles. The lowest BCUT2D eigenvalue weighted by molar-refractivity contribution is -0.0161. The van der Waals surface area contributed by atoms with Gasteiger partial charge in [0.2, 0.25) is 0 Å². The van der Waals surface area contributed by atoms with Gasteiger partial charge in [-0.05, 0) is 37.9 Å². The number of furan rings is 1. The van der Waals surface area contributed by atoms with Gasteiger partial charge in [0.05, 0.1) is 17.6 Å². The van der Waals surface area contributed by atoms with E-state index in [1.165, 1.54) is 0 Å². The van der Waals surface area contributed by atoms with Crippen LogP contribution < -0.4 is 5.32 Å². The molecule has 0 radical (unpaired) electrons. The molecule has 17 heavy (non-hydrogen) atoms. The van der Waals surface area contributed by atoms with Gasteiger partial charge in [0.1, 0.15) is 11.4 Å². The lowest BCUT2D eigenvalue weighted by atomic mass is 10.0. The van der Waals surface area contributed by atoms with Crippen molar-refractivity contribution in [3.8, 4) is 0 Å². The van der Waals surface area contributed by atoms with Crippen molar-refractivity contribution in [2.24, 2.45) is 0 Å². The Morgan fingerprint density at radius 2 is 2.35 bits per heavy atom. The fraction of sp³-hybridized carbons (Fsp3) is 0.636. The van der Waals surface area contributed by atoms with Crippen molar-refractivity contribution in [1.29, 1.82) is 0 Å². The summed E-state index contributed by atoms with van der Waals surface area (Å²) in [5.74, 6) is 0.883. The van der Waals surface area contributed by atoms with Gasteiger partial charge in [-0.15, -0.1) is 0 Å². The molecule has 0 saturated carbocycles. The highest BCUT2D eigenvalue weighted by molar-refractivity contribution is 9.13. The van der Waals surface area contributed by atoms with Crippen LogP contribution in [0.15, 0.2) is 19.6 Å². The Hall–Kier alpha value is 0.120. The number of hydrogen-bond donors (Lipinski definition) is 1. The van der Waals surface area contributed by atoms with Crippen LogP contribution in [0.3, 0.4) is 0 Å². The van der Waals surface area contributed by atoms with Gasteiger partial charge in [-0.1, -0.05) is 0 Å². The first-order valence-corrected chi connectivity index (χ1v) is 7.01. The van der Waals surface area contributed by atoms with E-state index >= 15 is 0 Å². The predicted molar refractivity (Wildman–Crippen MR) is 71.0 cm³/mol. The molecule has 1 aliphatic rings. The van der Waals surface area contributed by atoms with E-state index in [2.05, 4.69) is 37.2 Å². The molecule has 1 atom stereocenters. The van der Waals surface area contributed by atoms with Gasteiger partial charge in [0, 0.05) is 26.7 Å². The summed E-state index contributed by atoms with van der Waals surface area (Å²) in [6.07, 6.45) is 0.933.